The zero-order valence-electron chi connectivity index (χ0n) is 8.38. The number of nitrogens with one attached hydrogen (secondary N) is 3. The largest absolute Gasteiger partial charge is 0.349 e. The number of H-pyrrole nitrogens is 2. The molecule has 1 aromatic carbocycles. The van der Waals surface area contributed by atoms with E-state index in [1.54, 1.807) is 18.2 Å². The molecule has 17 heavy (non-hydrogen) atoms. The topological polar surface area (TPSA) is 77.8 Å². The maximum absolute atomic E-state index is 11.4. The first-order valence-electron chi connectivity index (χ1n) is 4.60. The Morgan fingerprint density at radius 2 is 1.88 bits per heavy atom. The summed E-state index contributed by atoms with van der Waals surface area (Å²) in [6.45, 7) is 0. The van der Waals surface area contributed by atoms with Gasteiger partial charge < -0.3 is 10.3 Å². The molecule has 7 heteroatoms. The van der Waals surface area contributed by atoms with Crippen molar-refractivity contribution in [3.05, 3.63) is 55.3 Å². The van der Waals surface area contributed by atoms with E-state index in [-0.39, 0.29) is 5.69 Å². The van der Waals surface area contributed by atoms with Gasteiger partial charge in [-0.25, -0.2) is 4.79 Å². The lowest BCUT2D eigenvalue weighted by atomic mass is 10.3. The van der Waals surface area contributed by atoms with E-state index >= 15 is 0 Å². The molecule has 0 aliphatic heterocycles. The summed E-state index contributed by atoms with van der Waals surface area (Å²) in [5.41, 5.74) is -0.384. The number of benzene rings is 1. The van der Waals surface area contributed by atoms with Crippen molar-refractivity contribution in [1.29, 1.82) is 0 Å². The van der Waals surface area contributed by atoms with Gasteiger partial charge in [-0.1, -0.05) is 23.2 Å². The minimum atomic E-state index is -0.567. The summed E-state index contributed by atoms with van der Waals surface area (Å²) in [4.78, 5) is 26.7. The van der Waals surface area contributed by atoms with Gasteiger partial charge in [0, 0.05) is 11.2 Å². The molecule has 3 N–H and O–H groups in total. The summed E-state index contributed by atoms with van der Waals surface area (Å²) in [7, 11) is 0. The SMILES string of the molecule is O=c1[nH]cc(Nc2ccc(Cl)cc2Cl)c(=O)[nH]1. The smallest absolute Gasteiger partial charge is 0.325 e. The Morgan fingerprint density at radius 3 is 2.53 bits per heavy atom. The summed E-state index contributed by atoms with van der Waals surface area (Å²) in [5.74, 6) is 0. The van der Waals surface area contributed by atoms with Gasteiger partial charge in [-0.05, 0) is 18.2 Å². The highest BCUT2D eigenvalue weighted by atomic mass is 35.5. The zero-order chi connectivity index (χ0) is 12.4. The summed E-state index contributed by atoms with van der Waals surface area (Å²) in [6.07, 6.45) is 1.27. The molecule has 0 unspecified atom stereocenters. The van der Waals surface area contributed by atoms with Crippen molar-refractivity contribution < 1.29 is 0 Å². The van der Waals surface area contributed by atoms with E-state index < -0.39 is 11.2 Å². The molecule has 1 heterocycles. The van der Waals surface area contributed by atoms with Gasteiger partial charge in [0.2, 0.25) is 0 Å². The van der Waals surface area contributed by atoms with E-state index in [2.05, 4.69) is 15.3 Å². The summed E-state index contributed by atoms with van der Waals surface area (Å²) in [6, 6.07) is 4.82. The van der Waals surface area contributed by atoms with Gasteiger partial charge in [0.05, 0.1) is 10.7 Å². The molecule has 0 spiro atoms. The third-order valence-electron chi connectivity index (χ3n) is 2.02. The van der Waals surface area contributed by atoms with E-state index in [1.165, 1.54) is 6.20 Å². The lowest BCUT2D eigenvalue weighted by Gasteiger charge is -2.06. The van der Waals surface area contributed by atoms with Crippen LogP contribution in [0.1, 0.15) is 0 Å². The Hall–Kier alpha value is -1.72. The zero-order valence-corrected chi connectivity index (χ0v) is 9.89. The van der Waals surface area contributed by atoms with Crippen LogP contribution in [0.5, 0.6) is 0 Å². The Kier molecular flexibility index (Phi) is 3.21. The maximum Gasteiger partial charge on any atom is 0.325 e. The molecule has 2 rings (SSSR count). The quantitative estimate of drug-likeness (QED) is 0.783. The molecule has 0 aliphatic rings. The van der Waals surface area contributed by atoms with Gasteiger partial charge >= 0.3 is 5.69 Å². The van der Waals surface area contributed by atoms with Crippen molar-refractivity contribution in [2.45, 2.75) is 0 Å². The molecule has 88 valence electrons. The first-order chi connectivity index (χ1) is 8.06. The van der Waals surface area contributed by atoms with Gasteiger partial charge in [-0.2, -0.15) is 0 Å². The fourth-order valence-electron chi connectivity index (χ4n) is 1.24. The third kappa shape index (κ3) is 2.69. The van der Waals surface area contributed by atoms with Crippen molar-refractivity contribution >= 4 is 34.6 Å². The minimum Gasteiger partial charge on any atom is -0.349 e. The van der Waals surface area contributed by atoms with E-state index in [1.807, 2.05) is 0 Å². The van der Waals surface area contributed by atoms with Crippen LogP contribution < -0.4 is 16.6 Å². The van der Waals surface area contributed by atoms with Crippen molar-refractivity contribution in [2.24, 2.45) is 0 Å². The van der Waals surface area contributed by atoms with Gasteiger partial charge in [0.25, 0.3) is 5.56 Å². The van der Waals surface area contributed by atoms with Crippen LogP contribution in [-0.4, -0.2) is 9.97 Å². The second kappa shape index (κ2) is 4.65. The van der Waals surface area contributed by atoms with Crippen LogP contribution in [-0.2, 0) is 0 Å². The highest BCUT2D eigenvalue weighted by Gasteiger charge is 2.04. The highest BCUT2D eigenvalue weighted by molar-refractivity contribution is 6.36. The molecule has 0 fully saturated rings. The number of hydrogen-bond acceptors (Lipinski definition) is 3. The van der Waals surface area contributed by atoms with Crippen LogP contribution >= 0.6 is 23.2 Å². The standard InChI is InChI=1S/C10H7Cl2N3O2/c11-5-1-2-7(6(12)3-5)14-8-4-13-10(17)15-9(8)16/h1-4,14H,(H2,13,15,16,17). The maximum atomic E-state index is 11.4. The second-order valence-corrected chi connectivity index (χ2v) is 4.08. The Morgan fingerprint density at radius 1 is 1.12 bits per heavy atom. The van der Waals surface area contributed by atoms with E-state index in [9.17, 15) is 9.59 Å². The molecule has 0 radical (unpaired) electrons. The first kappa shape index (κ1) is 11.8. The minimum absolute atomic E-state index is 0.189. The molecule has 5 nitrogen and oxygen atoms in total. The van der Waals surface area contributed by atoms with E-state index in [4.69, 9.17) is 23.2 Å². The Labute approximate surface area is 105 Å². The highest BCUT2D eigenvalue weighted by Crippen LogP contribution is 2.26. The fourth-order valence-corrected chi connectivity index (χ4v) is 1.69. The predicted octanol–water partition coefficient (Wildman–Crippen LogP) is 2.11. The van der Waals surface area contributed by atoms with Crippen LogP contribution in [0.25, 0.3) is 0 Å². The van der Waals surface area contributed by atoms with Crippen LogP contribution in [0.3, 0.4) is 0 Å². The summed E-state index contributed by atoms with van der Waals surface area (Å²) >= 11 is 11.7. The lowest BCUT2D eigenvalue weighted by molar-refractivity contribution is 1.04. The molecular formula is C10H7Cl2N3O2. The number of aromatic amines is 2. The molecule has 0 saturated heterocycles. The predicted molar refractivity (Wildman–Crippen MR) is 67.4 cm³/mol. The van der Waals surface area contributed by atoms with Crippen molar-refractivity contribution in [1.82, 2.24) is 9.97 Å². The molecular weight excluding hydrogens is 265 g/mol. The van der Waals surface area contributed by atoms with E-state index in [0.29, 0.717) is 15.7 Å². The number of halogens is 2. The van der Waals surface area contributed by atoms with Crippen LogP contribution in [0.15, 0.2) is 34.0 Å². The first-order valence-corrected chi connectivity index (χ1v) is 5.36. The van der Waals surface area contributed by atoms with Crippen LogP contribution in [0.2, 0.25) is 10.0 Å². The average molecular weight is 272 g/mol. The molecule has 0 saturated carbocycles. The lowest BCUT2D eigenvalue weighted by Crippen LogP contribution is -2.23. The number of hydrogen-bond donors (Lipinski definition) is 3. The average Bonchev–Trinajstić information content (AvgIpc) is 2.25. The van der Waals surface area contributed by atoms with Gasteiger partial charge in [0.1, 0.15) is 5.69 Å². The second-order valence-electron chi connectivity index (χ2n) is 3.23. The van der Waals surface area contributed by atoms with Gasteiger partial charge in [-0.15, -0.1) is 0 Å². The van der Waals surface area contributed by atoms with E-state index in [0.717, 1.165) is 0 Å². The number of aromatic nitrogens is 2. The number of rotatable bonds is 2. The fraction of sp³-hybridized carbons (Fsp3) is 0. The van der Waals surface area contributed by atoms with Gasteiger partial charge in [0.15, 0.2) is 0 Å². The molecule has 0 atom stereocenters. The number of anilines is 2. The molecule has 0 bridgehead atoms. The van der Waals surface area contributed by atoms with Crippen LogP contribution in [0.4, 0.5) is 11.4 Å². The Balaban J connectivity index is 2.38. The summed E-state index contributed by atoms with van der Waals surface area (Å²) < 4.78 is 0. The van der Waals surface area contributed by atoms with Crippen molar-refractivity contribution in [3.63, 3.8) is 0 Å². The third-order valence-corrected chi connectivity index (χ3v) is 2.57. The molecule has 1 aromatic heterocycles. The molecule has 0 aliphatic carbocycles. The van der Waals surface area contributed by atoms with Gasteiger partial charge in [-0.3, -0.25) is 9.78 Å². The summed E-state index contributed by atoms with van der Waals surface area (Å²) in [5, 5.41) is 3.66. The Bertz CT molecular complexity index is 663. The van der Waals surface area contributed by atoms with Crippen molar-refractivity contribution in [3.8, 4) is 0 Å². The molecule has 2 aromatic rings. The molecule has 0 amide bonds. The normalized spacial score (nSPS) is 10.2. The van der Waals surface area contributed by atoms with Crippen LogP contribution in [0, 0.1) is 0 Å². The van der Waals surface area contributed by atoms with Crippen molar-refractivity contribution in [2.75, 3.05) is 5.32 Å². The monoisotopic (exact) mass is 271 g/mol.